The van der Waals surface area contributed by atoms with E-state index in [1.165, 1.54) is 6.21 Å². The first-order chi connectivity index (χ1) is 6.72. The van der Waals surface area contributed by atoms with Crippen LogP contribution < -0.4 is 4.74 Å². The number of halogens is 1. The summed E-state index contributed by atoms with van der Waals surface area (Å²) in [6.45, 7) is 2.57. The molecule has 3 nitrogen and oxygen atoms in total. The van der Waals surface area contributed by atoms with Gasteiger partial charge in [0, 0.05) is 10.0 Å². The van der Waals surface area contributed by atoms with Crippen molar-refractivity contribution >= 4 is 22.1 Å². The van der Waals surface area contributed by atoms with E-state index in [0.717, 1.165) is 21.3 Å². The van der Waals surface area contributed by atoms with Gasteiger partial charge in [0.15, 0.2) is 0 Å². The number of ether oxygens (including phenoxy) is 1. The van der Waals surface area contributed by atoms with Gasteiger partial charge in [-0.2, -0.15) is 0 Å². The highest BCUT2D eigenvalue weighted by Crippen LogP contribution is 2.36. The Morgan fingerprint density at radius 3 is 3.14 bits per heavy atom. The molecule has 4 heteroatoms. The van der Waals surface area contributed by atoms with E-state index in [2.05, 4.69) is 21.1 Å². The van der Waals surface area contributed by atoms with E-state index in [4.69, 9.17) is 9.94 Å². The molecular formula is C10H10BrNO2. The second kappa shape index (κ2) is 3.61. The van der Waals surface area contributed by atoms with Crippen molar-refractivity contribution in [2.45, 2.75) is 12.8 Å². The molecule has 0 bridgehead atoms. The van der Waals surface area contributed by atoms with Gasteiger partial charge >= 0.3 is 0 Å². The SMILES string of the molecule is Cc1cc2c(cc1Br)C(C=NO)CO2. The smallest absolute Gasteiger partial charge is 0.123 e. The van der Waals surface area contributed by atoms with Gasteiger partial charge < -0.3 is 9.94 Å². The second-order valence-electron chi connectivity index (χ2n) is 3.32. The molecule has 1 aliphatic heterocycles. The zero-order valence-corrected chi connectivity index (χ0v) is 9.28. The Balaban J connectivity index is 2.45. The first-order valence-electron chi connectivity index (χ1n) is 4.32. The van der Waals surface area contributed by atoms with Crippen molar-refractivity contribution in [3.63, 3.8) is 0 Å². The van der Waals surface area contributed by atoms with Crippen molar-refractivity contribution in [2.75, 3.05) is 6.61 Å². The first kappa shape index (κ1) is 9.52. The first-order valence-corrected chi connectivity index (χ1v) is 5.12. The lowest BCUT2D eigenvalue weighted by Gasteiger charge is -2.03. The third kappa shape index (κ3) is 1.50. The van der Waals surface area contributed by atoms with Gasteiger partial charge in [0.05, 0.1) is 12.1 Å². The Labute approximate surface area is 90.5 Å². The molecule has 1 atom stereocenters. The number of oxime groups is 1. The molecule has 1 aromatic rings. The number of aryl methyl sites for hydroxylation is 1. The topological polar surface area (TPSA) is 41.8 Å². The summed E-state index contributed by atoms with van der Waals surface area (Å²) in [4.78, 5) is 0. The quantitative estimate of drug-likeness (QED) is 0.477. The molecule has 0 saturated heterocycles. The van der Waals surface area contributed by atoms with Crippen LogP contribution >= 0.6 is 15.9 Å². The minimum absolute atomic E-state index is 0.0619. The van der Waals surface area contributed by atoms with Crippen molar-refractivity contribution in [3.8, 4) is 5.75 Å². The van der Waals surface area contributed by atoms with Crippen molar-refractivity contribution in [1.29, 1.82) is 0 Å². The maximum Gasteiger partial charge on any atom is 0.123 e. The van der Waals surface area contributed by atoms with Crippen LogP contribution in [0.4, 0.5) is 0 Å². The number of hydrogen-bond donors (Lipinski definition) is 1. The molecular weight excluding hydrogens is 246 g/mol. The molecule has 1 N–H and O–H groups in total. The summed E-state index contributed by atoms with van der Waals surface area (Å²) in [6.07, 6.45) is 1.49. The molecule has 1 heterocycles. The lowest BCUT2D eigenvalue weighted by atomic mass is 10.0. The highest BCUT2D eigenvalue weighted by Gasteiger charge is 2.23. The van der Waals surface area contributed by atoms with E-state index < -0.39 is 0 Å². The summed E-state index contributed by atoms with van der Waals surface area (Å²) in [5.74, 6) is 0.947. The summed E-state index contributed by atoms with van der Waals surface area (Å²) < 4.78 is 6.53. The molecule has 2 rings (SSSR count). The maximum absolute atomic E-state index is 8.48. The Morgan fingerprint density at radius 1 is 1.64 bits per heavy atom. The summed E-state index contributed by atoms with van der Waals surface area (Å²) in [5, 5.41) is 11.5. The fourth-order valence-electron chi connectivity index (χ4n) is 1.56. The molecule has 0 fully saturated rings. The van der Waals surface area contributed by atoms with Gasteiger partial charge in [-0.05, 0) is 24.6 Å². The summed E-state index contributed by atoms with van der Waals surface area (Å²) >= 11 is 3.46. The fraction of sp³-hybridized carbons (Fsp3) is 0.300. The number of fused-ring (bicyclic) bond motifs is 1. The Kier molecular flexibility index (Phi) is 2.46. The number of rotatable bonds is 1. The molecule has 0 radical (unpaired) electrons. The van der Waals surface area contributed by atoms with Crippen LogP contribution in [0.3, 0.4) is 0 Å². The molecule has 0 aliphatic carbocycles. The van der Waals surface area contributed by atoms with Gasteiger partial charge in [0.1, 0.15) is 12.4 Å². The monoisotopic (exact) mass is 255 g/mol. The fourth-order valence-corrected chi connectivity index (χ4v) is 1.92. The molecule has 74 valence electrons. The van der Waals surface area contributed by atoms with Gasteiger partial charge in [0.2, 0.25) is 0 Å². The Morgan fingerprint density at radius 2 is 2.43 bits per heavy atom. The van der Waals surface area contributed by atoms with E-state index in [9.17, 15) is 0 Å². The van der Waals surface area contributed by atoms with E-state index in [0.29, 0.717) is 6.61 Å². The van der Waals surface area contributed by atoms with E-state index >= 15 is 0 Å². The molecule has 0 spiro atoms. The van der Waals surface area contributed by atoms with Crippen molar-refractivity contribution in [3.05, 3.63) is 27.7 Å². The summed E-state index contributed by atoms with van der Waals surface area (Å²) in [7, 11) is 0. The van der Waals surface area contributed by atoms with E-state index in [1.807, 2.05) is 19.1 Å². The van der Waals surface area contributed by atoms with E-state index in [1.54, 1.807) is 0 Å². The van der Waals surface area contributed by atoms with Crippen molar-refractivity contribution in [2.24, 2.45) is 5.16 Å². The lowest BCUT2D eigenvalue weighted by Crippen LogP contribution is -2.01. The highest BCUT2D eigenvalue weighted by atomic mass is 79.9. The van der Waals surface area contributed by atoms with Crippen LogP contribution in [-0.4, -0.2) is 18.0 Å². The van der Waals surface area contributed by atoms with Crippen molar-refractivity contribution < 1.29 is 9.94 Å². The zero-order chi connectivity index (χ0) is 10.1. The molecule has 1 unspecified atom stereocenters. The van der Waals surface area contributed by atoms with Gasteiger partial charge in [-0.25, -0.2) is 0 Å². The Bertz CT molecular complexity index is 390. The predicted octanol–water partition coefficient (Wildman–Crippen LogP) is 2.69. The van der Waals surface area contributed by atoms with E-state index in [-0.39, 0.29) is 5.92 Å². The molecule has 0 amide bonds. The van der Waals surface area contributed by atoms with Crippen molar-refractivity contribution in [1.82, 2.24) is 0 Å². The minimum Gasteiger partial charge on any atom is -0.492 e. The summed E-state index contributed by atoms with van der Waals surface area (Å²) in [6, 6.07) is 4.01. The average molecular weight is 256 g/mol. The van der Waals surface area contributed by atoms with Crippen LogP contribution in [0.25, 0.3) is 0 Å². The van der Waals surface area contributed by atoms with Crippen LogP contribution in [-0.2, 0) is 0 Å². The normalized spacial score (nSPS) is 19.7. The standard InChI is InChI=1S/C10H10BrNO2/c1-6-2-10-8(3-9(6)11)7(4-12-13)5-14-10/h2-4,7,13H,5H2,1H3. The molecule has 1 aliphatic rings. The second-order valence-corrected chi connectivity index (χ2v) is 4.18. The Hall–Kier alpha value is -1.03. The molecule has 0 aromatic heterocycles. The zero-order valence-electron chi connectivity index (χ0n) is 7.70. The average Bonchev–Trinajstić information content (AvgIpc) is 2.51. The highest BCUT2D eigenvalue weighted by molar-refractivity contribution is 9.10. The maximum atomic E-state index is 8.48. The van der Waals surface area contributed by atoms with Gasteiger partial charge in [-0.3, -0.25) is 0 Å². The largest absolute Gasteiger partial charge is 0.492 e. The third-order valence-corrected chi connectivity index (χ3v) is 3.21. The predicted molar refractivity (Wildman–Crippen MR) is 57.4 cm³/mol. The van der Waals surface area contributed by atoms with Crippen LogP contribution in [0, 0.1) is 6.92 Å². The van der Waals surface area contributed by atoms with Crippen LogP contribution in [0.5, 0.6) is 5.75 Å². The number of hydrogen-bond acceptors (Lipinski definition) is 3. The lowest BCUT2D eigenvalue weighted by molar-refractivity contribution is 0.314. The van der Waals surface area contributed by atoms with Gasteiger partial charge in [0.25, 0.3) is 0 Å². The number of nitrogens with zero attached hydrogens (tertiary/aromatic N) is 1. The van der Waals surface area contributed by atoms with Gasteiger partial charge in [-0.15, -0.1) is 5.16 Å². The van der Waals surface area contributed by atoms with Crippen LogP contribution in [0.1, 0.15) is 17.0 Å². The van der Waals surface area contributed by atoms with Crippen LogP contribution in [0.2, 0.25) is 0 Å². The minimum atomic E-state index is 0.0619. The molecule has 1 aromatic carbocycles. The summed E-state index contributed by atoms with van der Waals surface area (Å²) in [5.41, 5.74) is 2.21. The third-order valence-electron chi connectivity index (χ3n) is 2.36. The number of benzene rings is 1. The van der Waals surface area contributed by atoms with Gasteiger partial charge in [-0.1, -0.05) is 15.9 Å². The van der Waals surface area contributed by atoms with Crippen LogP contribution in [0.15, 0.2) is 21.8 Å². The molecule has 14 heavy (non-hydrogen) atoms. The molecule has 0 saturated carbocycles.